The molecule has 0 bridgehead atoms. The number of amides is 1. The number of nitrogens with zero attached hydrogens (tertiary/aromatic N) is 2. The van der Waals surface area contributed by atoms with Crippen LogP contribution in [0.5, 0.6) is 0 Å². The third kappa shape index (κ3) is 3.70. The second-order valence-electron chi connectivity index (χ2n) is 5.30. The number of piperidine rings is 1. The van der Waals surface area contributed by atoms with Gasteiger partial charge < -0.3 is 15.3 Å². The monoisotopic (exact) mass is 277 g/mol. The van der Waals surface area contributed by atoms with Gasteiger partial charge in [-0.25, -0.2) is 0 Å². The molecule has 1 atom stereocenters. The van der Waals surface area contributed by atoms with E-state index in [2.05, 4.69) is 17.2 Å². The number of rotatable bonds is 5. The molecule has 0 spiro atoms. The van der Waals surface area contributed by atoms with Gasteiger partial charge in [-0.05, 0) is 37.3 Å². The minimum Gasteiger partial charge on any atom is -0.396 e. The fourth-order valence-corrected chi connectivity index (χ4v) is 2.49. The van der Waals surface area contributed by atoms with E-state index in [-0.39, 0.29) is 18.4 Å². The molecule has 110 valence electrons. The first-order valence-electron chi connectivity index (χ1n) is 7.34. The van der Waals surface area contributed by atoms with Gasteiger partial charge in [0.25, 0.3) is 5.91 Å². The summed E-state index contributed by atoms with van der Waals surface area (Å²) < 4.78 is 0. The van der Waals surface area contributed by atoms with E-state index in [0.717, 1.165) is 38.0 Å². The van der Waals surface area contributed by atoms with Gasteiger partial charge in [-0.3, -0.25) is 9.78 Å². The summed E-state index contributed by atoms with van der Waals surface area (Å²) in [6.07, 6.45) is 4.64. The predicted octanol–water partition coefficient (Wildman–Crippen LogP) is 1.75. The van der Waals surface area contributed by atoms with Crippen LogP contribution in [0.15, 0.2) is 18.3 Å². The Kier molecular flexibility index (Phi) is 5.35. The first-order valence-corrected chi connectivity index (χ1v) is 7.34. The number of aromatic nitrogens is 1. The molecule has 1 saturated heterocycles. The van der Waals surface area contributed by atoms with E-state index < -0.39 is 0 Å². The molecule has 1 aliphatic heterocycles. The molecule has 1 fully saturated rings. The molecule has 5 nitrogen and oxygen atoms in total. The van der Waals surface area contributed by atoms with Crippen LogP contribution in [0, 0.1) is 5.92 Å². The Bertz CT molecular complexity index is 450. The van der Waals surface area contributed by atoms with Gasteiger partial charge in [0.15, 0.2) is 0 Å². The smallest absolute Gasteiger partial charge is 0.272 e. The van der Waals surface area contributed by atoms with Crippen LogP contribution in [0.4, 0.5) is 5.69 Å². The number of anilines is 1. The van der Waals surface area contributed by atoms with Gasteiger partial charge >= 0.3 is 0 Å². The van der Waals surface area contributed by atoms with Crippen molar-refractivity contribution >= 4 is 11.6 Å². The molecule has 2 rings (SSSR count). The van der Waals surface area contributed by atoms with Crippen molar-refractivity contribution in [3.8, 4) is 0 Å². The van der Waals surface area contributed by atoms with Crippen molar-refractivity contribution in [3.05, 3.63) is 24.0 Å². The maximum absolute atomic E-state index is 12.4. The minimum atomic E-state index is -0.0386. The highest BCUT2D eigenvalue weighted by Crippen LogP contribution is 2.18. The summed E-state index contributed by atoms with van der Waals surface area (Å²) in [5, 5.41) is 12.5. The molecule has 1 aromatic rings. The Morgan fingerprint density at radius 3 is 3.20 bits per heavy atom. The van der Waals surface area contributed by atoms with Gasteiger partial charge in [0.2, 0.25) is 0 Å². The Morgan fingerprint density at radius 1 is 1.60 bits per heavy atom. The number of carbonyl (C=O) groups is 1. The molecule has 1 aromatic heterocycles. The van der Waals surface area contributed by atoms with Gasteiger partial charge in [-0.15, -0.1) is 0 Å². The molecule has 20 heavy (non-hydrogen) atoms. The Hall–Kier alpha value is -1.62. The summed E-state index contributed by atoms with van der Waals surface area (Å²) in [7, 11) is 0. The first-order chi connectivity index (χ1) is 9.74. The number of hydrogen-bond donors (Lipinski definition) is 2. The van der Waals surface area contributed by atoms with Gasteiger partial charge in [-0.2, -0.15) is 0 Å². The molecule has 1 aliphatic rings. The van der Waals surface area contributed by atoms with Crippen molar-refractivity contribution in [3.63, 3.8) is 0 Å². The van der Waals surface area contributed by atoms with Crippen molar-refractivity contribution in [2.24, 2.45) is 5.92 Å². The van der Waals surface area contributed by atoms with Crippen LogP contribution >= 0.6 is 0 Å². The molecule has 2 heterocycles. The standard InChI is InChI=1S/C15H23N3O2/c1-2-6-16-13-5-7-17-14(9-13)15(20)18-8-3-4-12(10-18)11-19/h5,7,9,12,19H,2-4,6,8,10-11H2,1H3,(H,16,17). The van der Waals surface area contributed by atoms with E-state index in [4.69, 9.17) is 0 Å². The SMILES string of the molecule is CCCNc1ccnc(C(=O)N2CCCC(CO)C2)c1. The lowest BCUT2D eigenvalue weighted by molar-refractivity contribution is 0.0615. The second kappa shape index (κ2) is 7.24. The second-order valence-corrected chi connectivity index (χ2v) is 5.30. The number of pyridine rings is 1. The van der Waals surface area contributed by atoms with E-state index in [1.165, 1.54) is 0 Å². The first kappa shape index (κ1) is 14.8. The molecular formula is C15H23N3O2. The number of aliphatic hydroxyl groups is 1. The van der Waals surface area contributed by atoms with Crippen LogP contribution in [-0.4, -0.2) is 47.1 Å². The summed E-state index contributed by atoms with van der Waals surface area (Å²) in [6.45, 7) is 4.51. The fraction of sp³-hybridized carbons (Fsp3) is 0.600. The topological polar surface area (TPSA) is 65.5 Å². The molecule has 1 unspecified atom stereocenters. The van der Waals surface area contributed by atoms with E-state index in [0.29, 0.717) is 12.2 Å². The van der Waals surface area contributed by atoms with Crippen molar-refractivity contribution in [2.45, 2.75) is 26.2 Å². The summed E-state index contributed by atoms with van der Waals surface area (Å²) in [5.41, 5.74) is 1.41. The molecule has 0 aliphatic carbocycles. The van der Waals surface area contributed by atoms with E-state index >= 15 is 0 Å². The zero-order valence-corrected chi connectivity index (χ0v) is 12.0. The quantitative estimate of drug-likeness (QED) is 0.860. The lowest BCUT2D eigenvalue weighted by atomic mass is 9.99. The van der Waals surface area contributed by atoms with Gasteiger partial charge in [0, 0.05) is 38.1 Å². The van der Waals surface area contributed by atoms with Crippen LogP contribution in [0.1, 0.15) is 36.7 Å². The molecule has 5 heteroatoms. The average Bonchev–Trinajstić information content (AvgIpc) is 2.52. The number of aliphatic hydroxyl groups excluding tert-OH is 1. The Labute approximate surface area is 120 Å². The lowest BCUT2D eigenvalue weighted by Gasteiger charge is -2.31. The summed E-state index contributed by atoms with van der Waals surface area (Å²) in [6, 6.07) is 3.68. The van der Waals surface area contributed by atoms with E-state index in [1.807, 2.05) is 6.07 Å². The minimum absolute atomic E-state index is 0.0386. The summed E-state index contributed by atoms with van der Waals surface area (Å²) in [5.74, 6) is 0.164. The van der Waals surface area contributed by atoms with E-state index in [1.54, 1.807) is 17.2 Å². The van der Waals surface area contributed by atoms with Gasteiger partial charge in [0.1, 0.15) is 5.69 Å². The molecule has 0 saturated carbocycles. The molecule has 2 N–H and O–H groups in total. The van der Waals surface area contributed by atoms with Crippen molar-refractivity contribution in [1.29, 1.82) is 0 Å². The zero-order chi connectivity index (χ0) is 14.4. The number of carbonyl (C=O) groups excluding carboxylic acids is 1. The highest BCUT2D eigenvalue weighted by atomic mass is 16.3. The van der Waals surface area contributed by atoms with Crippen LogP contribution in [-0.2, 0) is 0 Å². The van der Waals surface area contributed by atoms with Crippen molar-refractivity contribution in [2.75, 3.05) is 31.6 Å². The zero-order valence-electron chi connectivity index (χ0n) is 12.0. The number of likely N-dealkylation sites (tertiary alicyclic amines) is 1. The molecule has 0 aromatic carbocycles. The van der Waals surface area contributed by atoms with Crippen LogP contribution in [0.3, 0.4) is 0 Å². The Balaban J connectivity index is 2.04. The molecule has 1 amide bonds. The lowest BCUT2D eigenvalue weighted by Crippen LogP contribution is -2.41. The molecular weight excluding hydrogens is 254 g/mol. The number of nitrogens with one attached hydrogen (secondary N) is 1. The van der Waals surface area contributed by atoms with Gasteiger partial charge in [0.05, 0.1) is 0 Å². The van der Waals surface area contributed by atoms with Gasteiger partial charge in [-0.1, -0.05) is 6.92 Å². The highest BCUT2D eigenvalue weighted by Gasteiger charge is 2.24. The van der Waals surface area contributed by atoms with E-state index in [9.17, 15) is 9.90 Å². The summed E-state index contributed by atoms with van der Waals surface area (Å²) in [4.78, 5) is 18.4. The normalized spacial score (nSPS) is 18.9. The van der Waals surface area contributed by atoms with Crippen LogP contribution in [0.25, 0.3) is 0 Å². The fourth-order valence-electron chi connectivity index (χ4n) is 2.49. The number of hydrogen-bond acceptors (Lipinski definition) is 4. The Morgan fingerprint density at radius 2 is 2.45 bits per heavy atom. The molecule has 0 radical (unpaired) electrons. The van der Waals surface area contributed by atoms with Crippen LogP contribution in [0.2, 0.25) is 0 Å². The third-order valence-electron chi connectivity index (χ3n) is 3.62. The van der Waals surface area contributed by atoms with Crippen LogP contribution < -0.4 is 5.32 Å². The largest absolute Gasteiger partial charge is 0.396 e. The highest BCUT2D eigenvalue weighted by molar-refractivity contribution is 5.93. The maximum Gasteiger partial charge on any atom is 0.272 e. The third-order valence-corrected chi connectivity index (χ3v) is 3.62. The maximum atomic E-state index is 12.4. The van der Waals surface area contributed by atoms with Crippen molar-refractivity contribution in [1.82, 2.24) is 9.88 Å². The average molecular weight is 277 g/mol. The predicted molar refractivity (Wildman–Crippen MR) is 78.7 cm³/mol. The van der Waals surface area contributed by atoms with Crippen molar-refractivity contribution < 1.29 is 9.90 Å². The summed E-state index contributed by atoms with van der Waals surface area (Å²) >= 11 is 0.